The Kier molecular flexibility index (Phi) is 8.35. The molecular weight excluding hydrogens is 510 g/mol. The second kappa shape index (κ2) is 12.0. The summed E-state index contributed by atoms with van der Waals surface area (Å²) in [5.74, 6) is 3.95. The molecule has 0 saturated carbocycles. The second-order valence-electron chi connectivity index (χ2n) is 7.87. The number of thiophene rings is 2. The molecule has 0 aliphatic carbocycles. The fourth-order valence-corrected chi connectivity index (χ4v) is 5.22. The average molecular weight is 534 g/mol. The first kappa shape index (κ1) is 25.7. The summed E-state index contributed by atoms with van der Waals surface area (Å²) >= 11 is 2.61. The van der Waals surface area contributed by atoms with Gasteiger partial charge in [-0.15, -0.1) is 22.7 Å². The number of carbonyl (C=O) groups excluding carboxylic acids is 3. The van der Waals surface area contributed by atoms with Crippen LogP contribution in [-0.4, -0.2) is 46.3 Å². The monoisotopic (exact) mass is 533 g/mol. The molecule has 0 fully saturated rings. The normalized spacial score (nSPS) is 15.5. The molecule has 3 aromatic rings. The van der Waals surface area contributed by atoms with E-state index in [1.807, 2.05) is 23.6 Å². The minimum absolute atomic E-state index is 0.00630. The molecule has 0 spiro atoms. The maximum atomic E-state index is 13.6. The molecule has 3 heterocycles. The summed E-state index contributed by atoms with van der Waals surface area (Å²) in [5.41, 5.74) is 6.28. The lowest BCUT2D eigenvalue weighted by atomic mass is 10.1. The third kappa shape index (κ3) is 6.43. The number of carbonyl (C=O) groups is 3. The van der Waals surface area contributed by atoms with Gasteiger partial charge in [0.05, 0.1) is 11.4 Å². The maximum absolute atomic E-state index is 13.6. The second-order valence-corrected chi connectivity index (χ2v) is 10.0. The predicted molar refractivity (Wildman–Crippen MR) is 142 cm³/mol. The molecule has 3 amide bonds. The summed E-state index contributed by atoms with van der Waals surface area (Å²) in [5, 5.41) is 19.1. The topological polar surface area (TPSA) is 137 Å². The molecule has 2 aromatic heterocycles. The Bertz CT molecular complexity index is 1390. The van der Waals surface area contributed by atoms with Crippen LogP contribution in [0.1, 0.15) is 26.2 Å². The molecule has 1 aromatic carbocycles. The molecule has 9 nitrogen and oxygen atoms in total. The SMILES string of the molecule is N/C(=N\O)c1ccc(CNC(=O)C2C=CCN2C(=O)[C@@H](NC(=O)C#Cc2ccccc2)c2cccs2)s1. The first-order valence-corrected chi connectivity index (χ1v) is 12.9. The van der Waals surface area contributed by atoms with E-state index in [-0.39, 0.29) is 24.8 Å². The van der Waals surface area contributed by atoms with Gasteiger partial charge in [0, 0.05) is 27.8 Å². The van der Waals surface area contributed by atoms with E-state index in [0.29, 0.717) is 15.3 Å². The van der Waals surface area contributed by atoms with Crippen LogP contribution in [0.5, 0.6) is 0 Å². The summed E-state index contributed by atoms with van der Waals surface area (Å²) in [7, 11) is 0. The fourth-order valence-electron chi connectivity index (χ4n) is 3.61. The Balaban J connectivity index is 1.44. The third-order valence-electron chi connectivity index (χ3n) is 5.41. The van der Waals surface area contributed by atoms with E-state index in [4.69, 9.17) is 10.9 Å². The highest BCUT2D eigenvalue weighted by atomic mass is 32.1. The Morgan fingerprint density at radius 2 is 1.97 bits per heavy atom. The first-order chi connectivity index (χ1) is 18.0. The van der Waals surface area contributed by atoms with Gasteiger partial charge >= 0.3 is 0 Å². The molecule has 1 unspecified atom stereocenters. The van der Waals surface area contributed by atoms with Crippen LogP contribution in [-0.2, 0) is 20.9 Å². The van der Waals surface area contributed by atoms with E-state index in [2.05, 4.69) is 27.6 Å². The van der Waals surface area contributed by atoms with Crippen LogP contribution in [0.3, 0.4) is 0 Å². The van der Waals surface area contributed by atoms with Crippen molar-refractivity contribution in [2.75, 3.05) is 6.54 Å². The Hall–Kier alpha value is -4.40. The number of amidine groups is 1. The van der Waals surface area contributed by atoms with Gasteiger partial charge in [-0.3, -0.25) is 14.4 Å². The van der Waals surface area contributed by atoms with Gasteiger partial charge in [-0.2, -0.15) is 0 Å². The zero-order valence-corrected chi connectivity index (χ0v) is 21.1. The quantitative estimate of drug-likeness (QED) is 0.0922. The lowest BCUT2D eigenvalue weighted by Gasteiger charge is -2.28. The van der Waals surface area contributed by atoms with Crippen molar-refractivity contribution in [2.45, 2.75) is 18.6 Å². The van der Waals surface area contributed by atoms with E-state index in [1.54, 1.807) is 48.6 Å². The van der Waals surface area contributed by atoms with Gasteiger partial charge in [-0.1, -0.05) is 47.5 Å². The number of oxime groups is 1. The number of nitrogens with two attached hydrogens (primary N) is 1. The van der Waals surface area contributed by atoms with Gasteiger partial charge in [0.2, 0.25) is 5.91 Å². The van der Waals surface area contributed by atoms with Gasteiger partial charge in [-0.05, 0) is 35.7 Å². The van der Waals surface area contributed by atoms with E-state index >= 15 is 0 Å². The van der Waals surface area contributed by atoms with Crippen LogP contribution in [0.15, 0.2) is 77.3 Å². The Labute approximate surface area is 221 Å². The van der Waals surface area contributed by atoms with Gasteiger partial charge in [0.1, 0.15) is 12.1 Å². The van der Waals surface area contributed by atoms with E-state index in [9.17, 15) is 14.4 Å². The minimum atomic E-state index is -0.978. The van der Waals surface area contributed by atoms with Crippen molar-refractivity contribution in [3.63, 3.8) is 0 Å². The summed E-state index contributed by atoms with van der Waals surface area (Å²) < 4.78 is 0. The number of amides is 3. The molecule has 0 bridgehead atoms. The van der Waals surface area contributed by atoms with Crippen LogP contribution < -0.4 is 16.4 Å². The van der Waals surface area contributed by atoms with Crippen LogP contribution in [0.4, 0.5) is 0 Å². The van der Waals surface area contributed by atoms with Gasteiger partial charge in [0.25, 0.3) is 11.8 Å². The minimum Gasteiger partial charge on any atom is -0.409 e. The largest absolute Gasteiger partial charge is 0.409 e. The Morgan fingerprint density at radius 1 is 1.16 bits per heavy atom. The standard InChI is InChI=1S/C26H23N5O4S2/c27-24(30-35)21-12-11-18(37-21)16-28-25(33)19-8-4-14-31(19)26(34)23(20-9-5-15-36-20)29-22(32)13-10-17-6-2-1-3-7-17/h1-9,11-12,15,19,23,35H,14,16H2,(H2,27,30)(H,28,33)(H,29,32)/t19?,23-/m0/s1. The molecule has 188 valence electrons. The van der Waals surface area contributed by atoms with Crippen LogP contribution >= 0.6 is 22.7 Å². The summed E-state index contributed by atoms with van der Waals surface area (Å²) in [6, 6.07) is 14.3. The highest BCUT2D eigenvalue weighted by molar-refractivity contribution is 7.14. The molecule has 11 heteroatoms. The third-order valence-corrected chi connectivity index (χ3v) is 7.46. The van der Waals surface area contributed by atoms with E-state index in [0.717, 1.165) is 4.88 Å². The molecule has 2 atom stereocenters. The molecule has 0 saturated heterocycles. The van der Waals surface area contributed by atoms with Crippen LogP contribution in [0.2, 0.25) is 0 Å². The predicted octanol–water partition coefficient (Wildman–Crippen LogP) is 2.20. The lowest BCUT2D eigenvalue weighted by Crippen LogP contribution is -2.50. The zero-order chi connectivity index (χ0) is 26.2. The van der Waals surface area contributed by atoms with Gasteiger partial charge in [-0.25, -0.2) is 0 Å². The molecule has 1 aliphatic rings. The van der Waals surface area contributed by atoms with Crippen molar-refractivity contribution < 1.29 is 19.6 Å². The van der Waals surface area contributed by atoms with Crippen molar-refractivity contribution >= 4 is 46.2 Å². The van der Waals surface area contributed by atoms with E-state index in [1.165, 1.54) is 27.6 Å². The zero-order valence-electron chi connectivity index (χ0n) is 19.5. The van der Waals surface area contributed by atoms with E-state index < -0.39 is 23.9 Å². The van der Waals surface area contributed by atoms with Crippen LogP contribution in [0.25, 0.3) is 0 Å². The van der Waals surface area contributed by atoms with Crippen molar-refractivity contribution in [3.05, 3.63) is 92.3 Å². The average Bonchev–Trinajstić information content (AvgIpc) is 3.71. The lowest BCUT2D eigenvalue weighted by molar-refractivity contribution is -0.140. The number of hydrogen-bond donors (Lipinski definition) is 4. The highest BCUT2D eigenvalue weighted by Crippen LogP contribution is 2.24. The number of nitrogens with zero attached hydrogens (tertiary/aromatic N) is 2. The smallest absolute Gasteiger partial charge is 0.297 e. The van der Waals surface area contributed by atoms with Crippen molar-refractivity contribution in [1.82, 2.24) is 15.5 Å². The maximum Gasteiger partial charge on any atom is 0.297 e. The fraction of sp³-hybridized carbons (Fsp3) is 0.154. The van der Waals surface area contributed by atoms with Crippen molar-refractivity contribution in [2.24, 2.45) is 10.9 Å². The van der Waals surface area contributed by atoms with Crippen molar-refractivity contribution in [1.29, 1.82) is 0 Å². The molecule has 5 N–H and O–H groups in total. The van der Waals surface area contributed by atoms with Gasteiger partial charge in [0.15, 0.2) is 5.84 Å². The van der Waals surface area contributed by atoms with Crippen LogP contribution in [0, 0.1) is 11.8 Å². The molecular formula is C26H23N5O4S2. The summed E-state index contributed by atoms with van der Waals surface area (Å²) in [6.45, 7) is 0.450. The number of nitrogens with one attached hydrogen (secondary N) is 2. The Morgan fingerprint density at radius 3 is 2.70 bits per heavy atom. The molecule has 4 rings (SSSR count). The number of benzene rings is 1. The van der Waals surface area contributed by atoms with Gasteiger partial charge < -0.3 is 26.5 Å². The number of hydrogen-bond acceptors (Lipinski definition) is 7. The summed E-state index contributed by atoms with van der Waals surface area (Å²) in [6.07, 6.45) is 3.40. The molecule has 1 aliphatic heterocycles. The molecule has 37 heavy (non-hydrogen) atoms. The number of rotatable bonds is 7. The molecule has 0 radical (unpaired) electrons. The first-order valence-electron chi connectivity index (χ1n) is 11.2. The van der Waals surface area contributed by atoms with Crippen molar-refractivity contribution in [3.8, 4) is 11.8 Å². The summed E-state index contributed by atoms with van der Waals surface area (Å²) in [4.78, 5) is 42.6. The highest BCUT2D eigenvalue weighted by Gasteiger charge is 2.36.